The van der Waals surface area contributed by atoms with Gasteiger partial charge in [0.2, 0.25) is 5.91 Å². The molecule has 1 heterocycles. The van der Waals surface area contributed by atoms with Crippen LogP contribution in [0.4, 0.5) is 0 Å². The molecule has 1 amide bonds. The van der Waals surface area contributed by atoms with Gasteiger partial charge in [-0.15, -0.1) is 11.3 Å². The maximum atomic E-state index is 11.8. The fraction of sp³-hybridized carbons (Fsp3) is 0.312. The predicted molar refractivity (Wildman–Crippen MR) is 87.4 cm³/mol. The molecular weight excluding hydrogens is 306 g/mol. The highest BCUT2D eigenvalue weighted by Crippen LogP contribution is 2.22. The normalized spacial score (nSPS) is 10.4. The Morgan fingerprint density at radius 3 is 2.76 bits per heavy atom. The summed E-state index contributed by atoms with van der Waals surface area (Å²) in [6.45, 7) is 0.615. The number of methoxy groups -OCH3 is 1. The molecule has 0 unspecified atom stereocenters. The lowest BCUT2D eigenvalue weighted by molar-refractivity contribution is -0.121. The zero-order valence-corrected chi connectivity index (χ0v) is 13.5. The SMILES string of the molecule is COc1ccccc1CCNC(=O)CCc1ccc(Cl)s1. The number of thiophene rings is 1. The number of carbonyl (C=O) groups is 1. The van der Waals surface area contributed by atoms with Gasteiger partial charge in [0.15, 0.2) is 0 Å². The topological polar surface area (TPSA) is 38.3 Å². The minimum Gasteiger partial charge on any atom is -0.496 e. The molecule has 0 aliphatic heterocycles. The summed E-state index contributed by atoms with van der Waals surface area (Å²) in [6, 6.07) is 11.7. The Morgan fingerprint density at radius 1 is 1.24 bits per heavy atom. The largest absolute Gasteiger partial charge is 0.496 e. The number of ether oxygens (including phenoxy) is 1. The molecule has 0 saturated heterocycles. The summed E-state index contributed by atoms with van der Waals surface area (Å²) < 4.78 is 6.05. The van der Waals surface area contributed by atoms with E-state index in [1.54, 1.807) is 7.11 Å². The molecule has 3 nitrogen and oxygen atoms in total. The van der Waals surface area contributed by atoms with Gasteiger partial charge in [0.05, 0.1) is 11.4 Å². The van der Waals surface area contributed by atoms with Crippen molar-refractivity contribution in [3.05, 3.63) is 51.2 Å². The second kappa shape index (κ2) is 8.05. The molecule has 2 aromatic rings. The number of benzene rings is 1. The van der Waals surface area contributed by atoms with Gasteiger partial charge in [-0.25, -0.2) is 0 Å². The number of halogens is 1. The lowest BCUT2D eigenvalue weighted by Gasteiger charge is -2.09. The monoisotopic (exact) mass is 323 g/mol. The van der Waals surface area contributed by atoms with E-state index in [9.17, 15) is 4.79 Å². The van der Waals surface area contributed by atoms with Crippen molar-refractivity contribution in [2.24, 2.45) is 0 Å². The molecule has 0 fully saturated rings. The first-order valence-electron chi connectivity index (χ1n) is 6.82. The molecule has 1 aromatic heterocycles. The molecule has 5 heteroatoms. The van der Waals surface area contributed by atoms with E-state index in [1.165, 1.54) is 11.3 Å². The van der Waals surface area contributed by atoms with Crippen molar-refractivity contribution in [3.63, 3.8) is 0 Å². The Hall–Kier alpha value is -1.52. The van der Waals surface area contributed by atoms with Crippen LogP contribution in [0, 0.1) is 0 Å². The fourth-order valence-electron chi connectivity index (χ4n) is 2.06. The Kier molecular flexibility index (Phi) is 6.08. The zero-order valence-electron chi connectivity index (χ0n) is 11.9. The lowest BCUT2D eigenvalue weighted by atomic mass is 10.1. The molecule has 0 bridgehead atoms. The average molecular weight is 324 g/mol. The summed E-state index contributed by atoms with van der Waals surface area (Å²) in [5.74, 6) is 0.925. The van der Waals surface area contributed by atoms with E-state index >= 15 is 0 Å². The molecular formula is C16H18ClNO2S. The Balaban J connectivity index is 1.71. The van der Waals surface area contributed by atoms with Crippen LogP contribution in [-0.4, -0.2) is 19.6 Å². The molecule has 0 aliphatic carbocycles. The number of hydrogen-bond acceptors (Lipinski definition) is 3. The minimum atomic E-state index is 0.0643. The smallest absolute Gasteiger partial charge is 0.220 e. The van der Waals surface area contributed by atoms with Crippen LogP contribution in [0.5, 0.6) is 5.75 Å². The third kappa shape index (κ3) is 5.06. The molecule has 0 atom stereocenters. The number of carbonyl (C=O) groups excluding carboxylic acids is 1. The number of amides is 1. The van der Waals surface area contributed by atoms with Gasteiger partial charge >= 0.3 is 0 Å². The molecule has 0 aliphatic rings. The van der Waals surface area contributed by atoms with Crippen molar-refractivity contribution in [3.8, 4) is 5.75 Å². The highest BCUT2D eigenvalue weighted by Gasteiger charge is 2.05. The van der Waals surface area contributed by atoms with Gasteiger partial charge in [-0.2, -0.15) is 0 Å². The first-order chi connectivity index (χ1) is 10.2. The first-order valence-corrected chi connectivity index (χ1v) is 8.01. The summed E-state index contributed by atoms with van der Waals surface area (Å²) >= 11 is 7.39. The van der Waals surface area contributed by atoms with Crippen LogP contribution in [0.25, 0.3) is 0 Å². The first kappa shape index (κ1) is 15.9. The molecule has 21 heavy (non-hydrogen) atoms. The molecule has 1 N–H and O–H groups in total. The minimum absolute atomic E-state index is 0.0643. The van der Waals surface area contributed by atoms with E-state index in [0.29, 0.717) is 13.0 Å². The molecule has 1 aromatic carbocycles. The van der Waals surface area contributed by atoms with Crippen molar-refractivity contribution >= 4 is 28.8 Å². The van der Waals surface area contributed by atoms with Crippen LogP contribution >= 0.6 is 22.9 Å². The van der Waals surface area contributed by atoms with E-state index in [1.807, 2.05) is 36.4 Å². The van der Waals surface area contributed by atoms with Crippen molar-refractivity contribution < 1.29 is 9.53 Å². The standard InChI is InChI=1S/C16H18ClNO2S/c1-20-14-5-3-2-4-12(14)10-11-18-16(19)9-7-13-6-8-15(17)21-13/h2-6,8H,7,9-11H2,1H3,(H,18,19). The van der Waals surface area contributed by atoms with E-state index in [-0.39, 0.29) is 5.91 Å². The number of nitrogens with one attached hydrogen (secondary N) is 1. The average Bonchev–Trinajstić information content (AvgIpc) is 2.91. The summed E-state index contributed by atoms with van der Waals surface area (Å²) in [7, 11) is 1.66. The summed E-state index contributed by atoms with van der Waals surface area (Å²) in [5.41, 5.74) is 1.10. The number of hydrogen-bond donors (Lipinski definition) is 1. The summed E-state index contributed by atoms with van der Waals surface area (Å²) in [5, 5.41) is 2.94. The van der Waals surface area contributed by atoms with Crippen molar-refractivity contribution in [1.29, 1.82) is 0 Å². The second-order valence-corrected chi connectivity index (χ2v) is 6.42. The number of para-hydroxylation sites is 1. The second-order valence-electron chi connectivity index (χ2n) is 4.62. The van der Waals surface area contributed by atoms with Crippen LogP contribution in [-0.2, 0) is 17.6 Å². The fourth-order valence-corrected chi connectivity index (χ4v) is 3.14. The Labute approximate surface area is 133 Å². The van der Waals surface area contributed by atoms with E-state index in [0.717, 1.165) is 33.4 Å². The van der Waals surface area contributed by atoms with Crippen LogP contribution in [0.3, 0.4) is 0 Å². The summed E-state index contributed by atoms with van der Waals surface area (Å²) in [6.07, 6.45) is 1.99. The van der Waals surface area contributed by atoms with Gasteiger partial charge in [0.25, 0.3) is 0 Å². The third-order valence-electron chi connectivity index (χ3n) is 3.14. The Bertz CT molecular complexity index is 597. The van der Waals surface area contributed by atoms with Crippen LogP contribution in [0.1, 0.15) is 16.9 Å². The third-order valence-corrected chi connectivity index (χ3v) is 4.43. The van der Waals surface area contributed by atoms with Crippen molar-refractivity contribution in [1.82, 2.24) is 5.32 Å². The van der Waals surface area contributed by atoms with E-state index in [4.69, 9.17) is 16.3 Å². The van der Waals surface area contributed by atoms with Crippen LogP contribution < -0.4 is 10.1 Å². The van der Waals surface area contributed by atoms with E-state index < -0.39 is 0 Å². The molecule has 0 saturated carbocycles. The maximum absolute atomic E-state index is 11.8. The van der Waals surface area contributed by atoms with E-state index in [2.05, 4.69) is 5.32 Å². The van der Waals surface area contributed by atoms with Crippen molar-refractivity contribution in [2.75, 3.05) is 13.7 Å². The molecule has 0 spiro atoms. The number of aryl methyl sites for hydroxylation is 1. The Morgan fingerprint density at radius 2 is 2.05 bits per heavy atom. The van der Waals surface area contributed by atoms with Gasteiger partial charge in [0.1, 0.15) is 5.75 Å². The van der Waals surface area contributed by atoms with Gasteiger partial charge in [-0.05, 0) is 36.6 Å². The maximum Gasteiger partial charge on any atom is 0.220 e. The highest BCUT2D eigenvalue weighted by molar-refractivity contribution is 7.16. The quantitative estimate of drug-likeness (QED) is 0.843. The summed E-state index contributed by atoms with van der Waals surface area (Å²) in [4.78, 5) is 12.9. The zero-order chi connectivity index (χ0) is 15.1. The molecule has 2 rings (SSSR count). The number of rotatable bonds is 7. The van der Waals surface area contributed by atoms with Gasteiger partial charge < -0.3 is 10.1 Å². The van der Waals surface area contributed by atoms with Crippen LogP contribution in [0.2, 0.25) is 4.34 Å². The lowest BCUT2D eigenvalue weighted by Crippen LogP contribution is -2.25. The highest BCUT2D eigenvalue weighted by atomic mass is 35.5. The molecule has 112 valence electrons. The van der Waals surface area contributed by atoms with Crippen LogP contribution in [0.15, 0.2) is 36.4 Å². The van der Waals surface area contributed by atoms with Gasteiger partial charge in [0, 0.05) is 17.8 Å². The van der Waals surface area contributed by atoms with Crippen molar-refractivity contribution in [2.45, 2.75) is 19.3 Å². The van der Waals surface area contributed by atoms with Gasteiger partial charge in [-0.3, -0.25) is 4.79 Å². The molecule has 0 radical (unpaired) electrons. The predicted octanol–water partition coefficient (Wildman–Crippen LogP) is 3.70. The van der Waals surface area contributed by atoms with Gasteiger partial charge in [-0.1, -0.05) is 29.8 Å².